The first-order valence-corrected chi connectivity index (χ1v) is 13.9. The van der Waals surface area contributed by atoms with Gasteiger partial charge in [-0.2, -0.15) is 0 Å². The average molecular weight is 520 g/mol. The molecule has 0 bridgehead atoms. The number of nitrogens with one attached hydrogen (secondary N) is 2. The largest absolute Gasteiger partial charge is 1.00 e. The predicted molar refractivity (Wildman–Crippen MR) is 141 cm³/mol. The summed E-state index contributed by atoms with van der Waals surface area (Å²) in [6.45, 7) is 4.40. The van der Waals surface area contributed by atoms with Gasteiger partial charge in [0.1, 0.15) is 5.78 Å². The minimum Gasteiger partial charge on any atom is -0.870 e. The van der Waals surface area contributed by atoms with Crippen molar-refractivity contribution >= 4 is 23.9 Å². The molecule has 3 N–H and O–H groups in total. The van der Waals surface area contributed by atoms with Crippen molar-refractivity contribution in [2.24, 2.45) is 0 Å². The quantitative estimate of drug-likeness (QED) is 0.109. The van der Waals surface area contributed by atoms with Crippen LogP contribution in [0.4, 0.5) is 0 Å². The molecule has 0 saturated carbocycles. The van der Waals surface area contributed by atoms with Crippen molar-refractivity contribution in [3.8, 4) is 0 Å². The molecule has 1 unspecified atom stereocenters. The monoisotopic (exact) mass is 519 g/mol. The van der Waals surface area contributed by atoms with Gasteiger partial charge in [-0.3, -0.25) is 9.59 Å². The molecule has 0 aromatic rings. The number of ketones is 1. The molecule has 8 heteroatoms. The molecular formula is C28H52N2NaO5-. The normalized spacial score (nSPS) is 11.1. The summed E-state index contributed by atoms with van der Waals surface area (Å²) < 4.78 is 0. The molecule has 0 fully saturated rings. The van der Waals surface area contributed by atoms with Crippen molar-refractivity contribution in [3.63, 3.8) is 0 Å². The fraction of sp³-hybridized carbons (Fsp3) is 0.857. The van der Waals surface area contributed by atoms with Crippen LogP contribution in [-0.2, 0) is 19.2 Å². The summed E-state index contributed by atoms with van der Waals surface area (Å²) in [5.41, 5.74) is 0. The van der Waals surface area contributed by atoms with Gasteiger partial charge in [-0.15, -0.1) is 0 Å². The van der Waals surface area contributed by atoms with Crippen LogP contribution in [0.25, 0.3) is 0 Å². The fourth-order valence-corrected chi connectivity index (χ4v) is 4.00. The minimum absolute atomic E-state index is 0. The maximum atomic E-state index is 12.1. The van der Waals surface area contributed by atoms with Gasteiger partial charge in [0, 0.05) is 25.8 Å². The molecule has 0 aromatic carbocycles. The van der Waals surface area contributed by atoms with Crippen molar-refractivity contribution in [2.75, 3.05) is 6.54 Å². The van der Waals surface area contributed by atoms with E-state index in [2.05, 4.69) is 17.6 Å². The Balaban J connectivity index is -0.00000544. The number of hydrogen-bond acceptors (Lipinski definition) is 5. The molecule has 1 atom stereocenters. The van der Waals surface area contributed by atoms with Crippen LogP contribution in [0.1, 0.15) is 142 Å². The van der Waals surface area contributed by atoms with Crippen LogP contribution < -0.4 is 40.2 Å². The van der Waals surface area contributed by atoms with Crippen LogP contribution in [0.15, 0.2) is 0 Å². The Bertz CT molecular complexity index is 546. The molecule has 0 saturated heterocycles. The Labute approximate surface area is 242 Å². The van der Waals surface area contributed by atoms with E-state index in [1.807, 2.05) is 6.29 Å². The number of hydrogen-bond donors (Lipinski definition) is 2. The fourth-order valence-electron chi connectivity index (χ4n) is 4.00. The van der Waals surface area contributed by atoms with Gasteiger partial charge in [-0.1, -0.05) is 96.4 Å². The van der Waals surface area contributed by atoms with Crippen molar-refractivity contribution in [2.45, 2.75) is 148 Å². The Kier molecular flexibility index (Phi) is 33.6. The number of rotatable bonds is 25. The molecule has 0 aromatic heterocycles. The first-order chi connectivity index (χ1) is 16.5. The number of amides is 2. The molecule has 0 aliphatic rings. The minimum atomic E-state index is -0.726. The third-order valence-electron chi connectivity index (χ3n) is 6.17. The van der Waals surface area contributed by atoms with Crippen LogP contribution in [0.5, 0.6) is 0 Å². The second-order valence-corrected chi connectivity index (χ2v) is 9.63. The molecule has 206 valence electrons. The van der Waals surface area contributed by atoms with Crippen LogP contribution in [0.2, 0.25) is 0 Å². The molecule has 0 heterocycles. The van der Waals surface area contributed by atoms with Gasteiger partial charge >= 0.3 is 29.6 Å². The summed E-state index contributed by atoms with van der Waals surface area (Å²) in [5, 5.41) is 5.50. The van der Waals surface area contributed by atoms with E-state index >= 15 is 0 Å². The van der Waals surface area contributed by atoms with Crippen LogP contribution in [0, 0.1) is 0 Å². The van der Waals surface area contributed by atoms with Gasteiger partial charge in [0.15, 0.2) is 0 Å². The van der Waals surface area contributed by atoms with Gasteiger partial charge in [-0.25, -0.2) is 6.29 Å². The van der Waals surface area contributed by atoms with E-state index < -0.39 is 6.04 Å². The predicted octanol–water partition coefficient (Wildman–Crippen LogP) is 2.94. The summed E-state index contributed by atoms with van der Waals surface area (Å²) in [6, 6.07) is -0.726. The first-order valence-electron chi connectivity index (χ1n) is 13.9. The third-order valence-corrected chi connectivity index (χ3v) is 6.17. The van der Waals surface area contributed by atoms with E-state index in [1.165, 1.54) is 64.2 Å². The Morgan fingerprint density at radius 2 is 1.14 bits per heavy atom. The van der Waals surface area contributed by atoms with Crippen molar-refractivity contribution < 1.29 is 54.2 Å². The molecule has 2 amide bonds. The molecule has 7 nitrogen and oxygen atoms in total. The van der Waals surface area contributed by atoms with Gasteiger partial charge in [-0.05, 0) is 32.6 Å². The molecule has 0 aliphatic carbocycles. The second-order valence-electron chi connectivity index (χ2n) is 9.63. The second kappa shape index (κ2) is 30.5. The maximum absolute atomic E-state index is 12.1. The number of Topliss-reactive ketones (excluding diaryl/α,β-unsaturated/α-hetero) is 1. The van der Waals surface area contributed by atoms with Crippen molar-refractivity contribution in [1.82, 2.24) is 10.6 Å². The standard InChI is InChI=1S/C28H51N2O4.Na.H2O/c1-3-4-5-6-7-8-9-10-11-12-13-14-17-20-28(34)30-26(24-31)21-22-27(33)29-23-18-15-16-19-25(2)32;;/h26H,3-23H2,1-2H3,(H,29,33)(H,30,34);;1H2/q-1;+1;/p-1. The Morgan fingerprint density at radius 1 is 0.667 bits per heavy atom. The summed E-state index contributed by atoms with van der Waals surface area (Å²) in [4.78, 5) is 46.0. The number of carbonyl (C=O) groups excluding carboxylic acids is 4. The summed E-state index contributed by atoms with van der Waals surface area (Å²) in [5.74, 6) is -0.0730. The van der Waals surface area contributed by atoms with E-state index in [-0.39, 0.29) is 65.5 Å². The number of unbranched alkanes of at least 4 members (excludes halogenated alkanes) is 14. The van der Waals surface area contributed by atoms with Gasteiger partial charge in [0.2, 0.25) is 11.8 Å². The smallest absolute Gasteiger partial charge is 0.870 e. The zero-order valence-corrected chi connectivity index (χ0v) is 25.5. The average Bonchev–Trinajstić information content (AvgIpc) is 2.81. The van der Waals surface area contributed by atoms with E-state index in [9.17, 15) is 19.2 Å². The van der Waals surface area contributed by atoms with E-state index in [0.717, 1.165) is 38.5 Å². The van der Waals surface area contributed by atoms with Gasteiger partial charge < -0.3 is 25.7 Å². The van der Waals surface area contributed by atoms with E-state index in [4.69, 9.17) is 0 Å². The summed E-state index contributed by atoms with van der Waals surface area (Å²) >= 11 is 0. The zero-order chi connectivity index (χ0) is 25.3. The Hall–Kier alpha value is -0.760. The van der Waals surface area contributed by atoms with E-state index in [0.29, 0.717) is 19.4 Å². The molecule has 0 radical (unpaired) electrons. The summed E-state index contributed by atoms with van der Waals surface area (Å²) in [6.07, 6.45) is 22.3. The van der Waals surface area contributed by atoms with Crippen molar-refractivity contribution in [3.05, 3.63) is 0 Å². The van der Waals surface area contributed by atoms with Gasteiger partial charge in [0.25, 0.3) is 0 Å². The molecule has 0 spiro atoms. The maximum Gasteiger partial charge on any atom is 1.00 e. The molecule has 0 aliphatic heterocycles. The van der Waals surface area contributed by atoms with E-state index in [1.54, 1.807) is 6.92 Å². The number of carbonyl (C=O) groups is 3. The van der Waals surface area contributed by atoms with Crippen LogP contribution in [0.3, 0.4) is 0 Å². The first kappa shape index (κ1) is 39.7. The molecule has 0 rings (SSSR count). The van der Waals surface area contributed by atoms with Crippen molar-refractivity contribution in [1.29, 1.82) is 0 Å². The van der Waals surface area contributed by atoms with Crippen LogP contribution >= 0.6 is 0 Å². The van der Waals surface area contributed by atoms with Crippen LogP contribution in [-0.4, -0.2) is 41.9 Å². The topological polar surface area (TPSA) is 122 Å². The molecular weight excluding hydrogens is 467 g/mol. The SMILES string of the molecule is CCCCCCCCCCCCCCCC(=O)NC([C-]=O)CCC(=O)NCCCCCC(C)=O.[Na+].[OH-]. The zero-order valence-electron chi connectivity index (χ0n) is 23.5. The Morgan fingerprint density at radius 3 is 1.64 bits per heavy atom. The van der Waals surface area contributed by atoms with Gasteiger partial charge in [0.05, 0.1) is 0 Å². The molecule has 36 heavy (non-hydrogen) atoms. The summed E-state index contributed by atoms with van der Waals surface area (Å²) in [7, 11) is 0. The third kappa shape index (κ3) is 29.5.